The highest BCUT2D eigenvalue weighted by atomic mass is 16.5. The molecule has 0 aromatic heterocycles. The number of hydrogen-bond acceptors (Lipinski definition) is 4. The molecule has 1 atom stereocenters. The van der Waals surface area contributed by atoms with Crippen molar-refractivity contribution in [3.63, 3.8) is 0 Å². The highest BCUT2D eigenvalue weighted by Crippen LogP contribution is 2.19. The Labute approximate surface area is 159 Å². The Morgan fingerprint density at radius 3 is 2.12 bits per heavy atom. The van der Waals surface area contributed by atoms with E-state index in [0.717, 1.165) is 31.5 Å². The second-order valence-electron chi connectivity index (χ2n) is 7.86. The van der Waals surface area contributed by atoms with Gasteiger partial charge in [0.2, 0.25) is 0 Å². The Bertz CT molecular complexity index is 469. The Morgan fingerprint density at radius 2 is 1.62 bits per heavy atom. The van der Waals surface area contributed by atoms with E-state index in [1.807, 2.05) is 13.8 Å². The van der Waals surface area contributed by atoms with Gasteiger partial charge >= 0.3 is 0 Å². The minimum absolute atomic E-state index is 0.264. The van der Waals surface area contributed by atoms with Crippen LogP contribution in [0.3, 0.4) is 0 Å². The molecule has 0 radical (unpaired) electrons. The van der Waals surface area contributed by atoms with Gasteiger partial charge in [-0.05, 0) is 31.6 Å². The zero-order chi connectivity index (χ0) is 20.1. The quantitative estimate of drug-likeness (QED) is 0.196. The van der Waals surface area contributed by atoms with Crippen LogP contribution in [0, 0.1) is 11.8 Å². The number of aldehydes is 1. The maximum Gasteiger partial charge on any atom is 0.298 e. The lowest BCUT2D eigenvalue weighted by Crippen LogP contribution is -2.39. The van der Waals surface area contributed by atoms with Gasteiger partial charge in [0.15, 0.2) is 0 Å². The van der Waals surface area contributed by atoms with Crippen LogP contribution in [-0.2, 0) is 19.1 Å². The largest absolute Gasteiger partial charge is 0.433 e. The number of carbonyl (C=O) groups is 3. The third-order valence-corrected chi connectivity index (χ3v) is 4.55. The number of unbranched alkanes of at least 4 members (excludes halogenated alkanes) is 3. The molecule has 0 heterocycles. The molecule has 0 aromatic rings. The Morgan fingerprint density at radius 1 is 1.00 bits per heavy atom. The van der Waals surface area contributed by atoms with E-state index >= 15 is 0 Å². The molecule has 26 heavy (non-hydrogen) atoms. The molecule has 0 aliphatic heterocycles. The number of ether oxygens (including phenoxy) is 1. The Balaban J connectivity index is 4.82. The number of carbonyl (C=O) groups excluding carboxylic acids is 3. The van der Waals surface area contributed by atoms with Crippen LogP contribution in [0.1, 0.15) is 79.6 Å². The first-order valence-corrected chi connectivity index (χ1v) is 9.77. The number of allylic oxidation sites excluding steroid dienone is 1. The van der Waals surface area contributed by atoms with Gasteiger partial charge in [0, 0.05) is 13.5 Å². The first-order valence-electron chi connectivity index (χ1n) is 9.77. The number of rotatable bonds is 14. The van der Waals surface area contributed by atoms with Crippen LogP contribution in [0.25, 0.3) is 0 Å². The van der Waals surface area contributed by atoms with Gasteiger partial charge < -0.3 is 14.4 Å². The van der Waals surface area contributed by atoms with Crippen molar-refractivity contribution in [1.82, 2.24) is 4.90 Å². The van der Waals surface area contributed by atoms with Gasteiger partial charge in [0.25, 0.3) is 12.4 Å². The molecule has 0 saturated carbocycles. The summed E-state index contributed by atoms with van der Waals surface area (Å²) < 4.78 is 5.08. The third kappa shape index (κ3) is 9.73. The van der Waals surface area contributed by atoms with E-state index in [2.05, 4.69) is 13.8 Å². The zero-order valence-corrected chi connectivity index (χ0v) is 17.4. The van der Waals surface area contributed by atoms with Crippen LogP contribution in [0.4, 0.5) is 0 Å². The van der Waals surface area contributed by atoms with Crippen LogP contribution < -0.4 is 0 Å². The van der Waals surface area contributed by atoms with Crippen molar-refractivity contribution in [3.05, 3.63) is 11.3 Å². The van der Waals surface area contributed by atoms with Crippen molar-refractivity contribution < 1.29 is 19.1 Å². The Hall–Kier alpha value is -1.65. The summed E-state index contributed by atoms with van der Waals surface area (Å²) in [6.45, 7) is 10.5. The monoisotopic (exact) mass is 367 g/mol. The Kier molecular flexibility index (Phi) is 12.7. The van der Waals surface area contributed by atoms with E-state index in [9.17, 15) is 14.4 Å². The lowest BCUT2D eigenvalue weighted by atomic mass is 10.0. The lowest BCUT2D eigenvalue weighted by molar-refractivity contribution is -0.132. The number of amides is 1. The molecule has 0 rings (SSSR count). The second kappa shape index (κ2) is 13.5. The molecule has 5 heteroatoms. The van der Waals surface area contributed by atoms with Crippen LogP contribution in [0.5, 0.6) is 0 Å². The van der Waals surface area contributed by atoms with Crippen molar-refractivity contribution >= 4 is 18.7 Å². The number of likely N-dealkylation sites (N-methyl/N-ethyl adjacent to an activating group) is 1. The summed E-state index contributed by atoms with van der Waals surface area (Å²) in [5.74, 6) is 1.17. The predicted molar refractivity (Wildman–Crippen MR) is 104 cm³/mol. The van der Waals surface area contributed by atoms with Gasteiger partial charge in [-0.25, -0.2) is 0 Å². The fourth-order valence-electron chi connectivity index (χ4n) is 2.91. The fourth-order valence-corrected chi connectivity index (χ4v) is 2.91. The van der Waals surface area contributed by atoms with Crippen LogP contribution in [-0.4, -0.2) is 36.7 Å². The van der Waals surface area contributed by atoms with Crippen LogP contribution in [0.15, 0.2) is 11.3 Å². The van der Waals surface area contributed by atoms with Gasteiger partial charge in [-0.3, -0.25) is 9.59 Å². The molecule has 150 valence electrons. The average Bonchev–Trinajstić information content (AvgIpc) is 2.59. The van der Waals surface area contributed by atoms with Gasteiger partial charge in [0.1, 0.15) is 12.0 Å². The van der Waals surface area contributed by atoms with E-state index in [1.165, 1.54) is 17.7 Å². The molecule has 0 aliphatic rings. The standard InChI is InChI=1S/C21H37NO4/c1-16(2)11-9-7-8-10-12-20(26-15-24)18(5)21(25)22(6)19(14-23)13-17(3)4/h14-17,19H,7-13H2,1-6H3/b20-18-. The lowest BCUT2D eigenvalue weighted by Gasteiger charge is -2.26. The van der Waals surface area contributed by atoms with E-state index < -0.39 is 6.04 Å². The number of hydrogen-bond donors (Lipinski definition) is 0. The maximum absolute atomic E-state index is 12.7. The first kappa shape index (κ1) is 24.4. The van der Waals surface area contributed by atoms with Crippen molar-refractivity contribution in [2.75, 3.05) is 7.05 Å². The smallest absolute Gasteiger partial charge is 0.298 e. The zero-order valence-electron chi connectivity index (χ0n) is 17.4. The van der Waals surface area contributed by atoms with Gasteiger partial charge in [-0.2, -0.15) is 0 Å². The molecule has 0 fully saturated rings. The van der Waals surface area contributed by atoms with Gasteiger partial charge in [-0.1, -0.05) is 53.4 Å². The highest BCUT2D eigenvalue weighted by Gasteiger charge is 2.23. The average molecular weight is 368 g/mol. The summed E-state index contributed by atoms with van der Waals surface area (Å²) in [7, 11) is 1.62. The van der Waals surface area contributed by atoms with Crippen LogP contribution >= 0.6 is 0 Å². The van der Waals surface area contributed by atoms with E-state index in [0.29, 0.717) is 36.6 Å². The summed E-state index contributed by atoms with van der Waals surface area (Å²) in [4.78, 5) is 36.3. The van der Waals surface area contributed by atoms with Gasteiger partial charge in [0.05, 0.1) is 11.6 Å². The van der Waals surface area contributed by atoms with Crippen LogP contribution in [0.2, 0.25) is 0 Å². The summed E-state index contributed by atoms with van der Waals surface area (Å²) >= 11 is 0. The van der Waals surface area contributed by atoms with Crippen molar-refractivity contribution in [1.29, 1.82) is 0 Å². The second-order valence-corrected chi connectivity index (χ2v) is 7.86. The molecule has 0 aromatic carbocycles. The molecule has 1 unspecified atom stereocenters. The topological polar surface area (TPSA) is 63.7 Å². The van der Waals surface area contributed by atoms with E-state index in [-0.39, 0.29) is 5.91 Å². The summed E-state index contributed by atoms with van der Waals surface area (Å²) in [5.41, 5.74) is 0.400. The predicted octanol–water partition coefficient (Wildman–Crippen LogP) is 4.50. The summed E-state index contributed by atoms with van der Waals surface area (Å²) in [6, 6.07) is -0.467. The first-order chi connectivity index (χ1) is 12.2. The van der Waals surface area contributed by atoms with Crippen molar-refractivity contribution in [2.24, 2.45) is 11.8 Å². The molecule has 0 aliphatic carbocycles. The molecule has 5 nitrogen and oxygen atoms in total. The molecular weight excluding hydrogens is 330 g/mol. The minimum Gasteiger partial charge on any atom is -0.433 e. The molecule has 0 bridgehead atoms. The molecule has 0 saturated heterocycles. The van der Waals surface area contributed by atoms with Crippen molar-refractivity contribution in [3.8, 4) is 0 Å². The molecule has 1 amide bonds. The summed E-state index contributed by atoms with van der Waals surface area (Å²) in [6.07, 6.45) is 7.45. The number of nitrogens with zero attached hydrogens (tertiary/aromatic N) is 1. The van der Waals surface area contributed by atoms with Gasteiger partial charge in [-0.15, -0.1) is 0 Å². The fraction of sp³-hybridized carbons (Fsp3) is 0.762. The maximum atomic E-state index is 12.7. The molecule has 0 N–H and O–H groups in total. The third-order valence-electron chi connectivity index (χ3n) is 4.55. The molecule has 0 spiro atoms. The van der Waals surface area contributed by atoms with E-state index in [1.54, 1.807) is 14.0 Å². The normalized spacial score (nSPS) is 13.4. The minimum atomic E-state index is -0.467. The molecular formula is C21H37NO4. The van der Waals surface area contributed by atoms with E-state index in [4.69, 9.17) is 4.74 Å². The summed E-state index contributed by atoms with van der Waals surface area (Å²) in [5, 5.41) is 0. The highest BCUT2D eigenvalue weighted by molar-refractivity contribution is 5.94. The van der Waals surface area contributed by atoms with Crippen molar-refractivity contribution in [2.45, 2.75) is 85.6 Å². The SMILES string of the molecule is C/C(C(=O)N(C)C(C=O)CC(C)C)=C(\CCCCCCC(C)C)OC=O.